The largest absolute Gasteiger partial charge is 0.338 e. The van der Waals surface area contributed by atoms with Crippen LogP contribution in [0.1, 0.15) is 30.2 Å². The lowest BCUT2D eigenvalue weighted by atomic mass is 10.1. The van der Waals surface area contributed by atoms with E-state index in [-0.39, 0.29) is 11.6 Å². The molecule has 0 aliphatic rings. The average Bonchev–Trinajstić information content (AvgIpc) is 2.75. The number of nitrogens with one attached hydrogen (secondary N) is 1. The van der Waals surface area contributed by atoms with Crippen LogP contribution in [0.5, 0.6) is 0 Å². The van der Waals surface area contributed by atoms with Gasteiger partial charge in [0.15, 0.2) is 5.82 Å². The van der Waals surface area contributed by atoms with Crippen molar-refractivity contribution < 1.29 is 13.3 Å². The van der Waals surface area contributed by atoms with Crippen LogP contribution in [0, 0.1) is 18.6 Å². The van der Waals surface area contributed by atoms with Crippen LogP contribution in [0.25, 0.3) is 0 Å². The van der Waals surface area contributed by atoms with E-state index in [0.717, 1.165) is 12.1 Å². The van der Waals surface area contributed by atoms with E-state index in [9.17, 15) is 8.78 Å². The summed E-state index contributed by atoms with van der Waals surface area (Å²) in [5.74, 6) is 0.0411. The van der Waals surface area contributed by atoms with Crippen molar-refractivity contribution in [2.45, 2.75) is 26.4 Å². The van der Waals surface area contributed by atoms with Crippen molar-refractivity contribution in [2.24, 2.45) is 0 Å². The molecule has 0 saturated carbocycles. The third-order valence-electron chi connectivity index (χ3n) is 2.55. The first-order chi connectivity index (χ1) is 8.56. The lowest BCUT2D eigenvalue weighted by Gasteiger charge is -2.13. The van der Waals surface area contributed by atoms with Gasteiger partial charge in [-0.1, -0.05) is 5.16 Å². The highest BCUT2D eigenvalue weighted by atomic mass is 19.1. The summed E-state index contributed by atoms with van der Waals surface area (Å²) in [7, 11) is 0. The van der Waals surface area contributed by atoms with Crippen molar-refractivity contribution in [3.8, 4) is 0 Å². The number of aryl methyl sites for hydroxylation is 1. The molecule has 1 heterocycles. The molecule has 1 unspecified atom stereocenters. The van der Waals surface area contributed by atoms with E-state index in [1.807, 2.05) is 0 Å². The van der Waals surface area contributed by atoms with Crippen LogP contribution in [0.15, 0.2) is 22.7 Å². The second-order valence-electron chi connectivity index (χ2n) is 4.00. The first-order valence-corrected chi connectivity index (χ1v) is 5.54. The highest BCUT2D eigenvalue weighted by Gasteiger charge is 2.13. The highest BCUT2D eigenvalue weighted by Crippen LogP contribution is 2.18. The van der Waals surface area contributed by atoms with Crippen molar-refractivity contribution in [3.05, 3.63) is 47.1 Å². The summed E-state index contributed by atoms with van der Waals surface area (Å²) in [4.78, 5) is 4.01. The zero-order valence-electron chi connectivity index (χ0n) is 10.1. The molecule has 1 N–H and O–H groups in total. The minimum Gasteiger partial charge on any atom is -0.338 e. The number of halogens is 2. The van der Waals surface area contributed by atoms with E-state index in [0.29, 0.717) is 18.3 Å². The molecule has 1 aromatic heterocycles. The summed E-state index contributed by atoms with van der Waals surface area (Å²) in [5, 5.41) is 6.63. The summed E-state index contributed by atoms with van der Waals surface area (Å²) >= 11 is 0. The Kier molecular flexibility index (Phi) is 3.66. The zero-order chi connectivity index (χ0) is 13.1. The SMILES string of the molecule is Cc1noc(CNC(C)c2cc(F)ccc2F)n1. The number of benzene rings is 1. The number of aromatic nitrogens is 2. The molecule has 4 nitrogen and oxygen atoms in total. The molecule has 0 fully saturated rings. The predicted octanol–water partition coefficient (Wildman–Crippen LogP) is 2.51. The number of rotatable bonds is 4. The van der Waals surface area contributed by atoms with E-state index >= 15 is 0 Å². The van der Waals surface area contributed by atoms with Gasteiger partial charge in [0, 0.05) is 11.6 Å². The van der Waals surface area contributed by atoms with Crippen LogP contribution in [-0.4, -0.2) is 10.1 Å². The smallest absolute Gasteiger partial charge is 0.240 e. The first kappa shape index (κ1) is 12.6. The summed E-state index contributed by atoms with van der Waals surface area (Å²) in [6.07, 6.45) is 0. The topological polar surface area (TPSA) is 51.0 Å². The molecule has 0 amide bonds. The Bertz CT molecular complexity index is 542. The molecule has 0 aliphatic carbocycles. The van der Waals surface area contributed by atoms with Crippen molar-refractivity contribution in [1.82, 2.24) is 15.5 Å². The normalized spacial score (nSPS) is 12.7. The molecule has 0 spiro atoms. The molecular weight excluding hydrogens is 240 g/mol. The molecule has 0 saturated heterocycles. The maximum atomic E-state index is 13.5. The fourth-order valence-electron chi connectivity index (χ4n) is 1.61. The quantitative estimate of drug-likeness (QED) is 0.909. The lowest BCUT2D eigenvalue weighted by molar-refractivity contribution is 0.356. The van der Waals surface area contributed by atoms with Crippen LogP contribution in [0.2, 0.25) is 0 Å². The standard InChI is InChI=1S/C12H13F2N3O/c1-7(10-5-9(13)3-4-11(10)14)15-6-12-16-8(2)17-18-12/h3-5,7,15H,6H2,1-2H3. The van der Waals surface area contributed by atoms with E-state index in [1.165, 1.54) is 6.07 Å². The van der Waals surface area contributed by atoms with Gasteiger partial charge in [-0.3, -0.25) is 0 Å². The van der Waals surface area contributed by atoms with Crippen molar-refractivity contribution in [2.75, 3.05) is 0 Å². The molecule has 2 rings (SSSR count). The molecule has 1 aromatic carbocycles. The minimum absolute atomic E-state index is 0.270. The van der Waals surface area contributed by atoms with Crippen LogP contribution < -0.4 is 5.32 Å². The Morgan fingerprint density at radius 3 is 2.83 bits per heavy atom. The molecule has 0 bridgehead atoms. The van der Waals surface area contributed by atoms with Gasteiger partial charge in [-0.2, -0.15) is 4.98 Å². The molecule has 1 atom stereocenters. The maximum absolute atomic E-state index is 13.5. The molecule has 96 valence electrons. The fraction of sp³-hybridized carbons (Fsp3) is 0.333. The fourth-order valence-corrected chi connectivity index (χ4v) is 1.61. The minimum atomic E-state index is -0.464. The van der Waals surface area contributed by atoms with Crippen LogP contribution in [0.4, 0.5) is 8.78 Å². The van der Waals surface area contributed by atoms with Crippen LogP contribution in [0.3, 0.4) is 0 Å². The molecule has 6 heteroatoms. The third-order valence-corrected chi connectivity index (χ3v) is 2.55. The number of hydrogen-bond acceptors (Lipinski definition) is 4. The van der Waals surface area contributed by atoms with Crippen LogP contribution >= 0.6 is 0 Å². The number of hydrogen-bond donors (Lipinski definition) is 1. The predicted molar refractivity (Wildman–Crippen MR) is 60.6 cm³/mol. The Hall–Kier alpha value is -1.82. The summed E-state index contributed by atoms with van der Waals surface area (Å²) in [6, 6.07) is 3.02. The molecule has 18 heavy (non-hydrogen) atoms. The van der Waals surface area contributed by atoms with Crippen molar-refractivity contribution in [1.29, 1.82) is 0 Å². The summed E-state index contributed by atoms with van der Waals surface area (Å²) in [6.45, 7) is 3.75. The molecule has 0 radical (unpaired) electrons. The molecular formula is C12H13F2N3O. The van der Waals surface area contributed by atoms with Gasteiger partial charge in [0.1, 0.15) is 11.6 Å². The van der Waals surface area contributed by atoms with Gasteiger partial charge in [0.2, 0.25) is 5.89 Å². The second kappa shape index (κ2) is 5.22. The Morgan fingerprint density at radius 2 is 2.17 bits per heavy atom. The van der Waals surface area contributed by atoms with E-state index in [1.54, 1.807) is 13.8 Å². The van der Waals surface area contributed by atoms with Gasteiger partial charge in [-0.25, -0.2) is 8.78 Å². The van der Waals surface area contributed by atoms with E-state index in [4.69, 9.17) is 4.52 Å². The molecule has 0 aliphatic heterocycles. The van der Waals surface area contributed by atoms with Gasteiger partial charge < -0.3 is 9.84 Å². The Labute approximate surface area is 103 Å². The van der Waals surface area contributed by atoms with Gasteiger partial charge >= 0.3 is 0 Å². The lowest BCUT2D eigenvalue weighted by Crippen LogP contribution is -2.19. The van der Waals surface area contributed by atoms with Crippen molar-refractivity contribution in [3.63, 3.8) is 0 Å². The average molecular weight is 253 g/mol. The third kappa shape index (κ3) is 2.89. The van der Waals surface area contributed by atoms with Crippen LogP contribution in [-0.2, 0) is 6.54 Å². The molecule has 2 aromatic rings. The van der Waals surface area contributed by atoms with Gasteiger partial charge in [0.05, 0.1) is 6.54 Å². The first-order valence-electron chi connectivity index (χ1n) is 5.54. The monoisotopic (exact) mass is 253 g/mol. The number of nitrogens with zero attached hydrogens (tertiary/aromatic N) is 2. The van der Waals surface area contributed by atoms with E-state index < -0.39 is 11.6 Å². The highest BCUT2D eigenvalue weighted by molar-refractivity contribution is 5.21. The Balaban J connectivity index is 2.03. The van der Waals surface area contributed by atoms with Gasteiger partial charge in [0.25, 0.3) is 0 Å². The Morgan fingerprint density at radius 1 is 1.39 bits per heavy atom. The second-order valence-corrected chi connectivity index (χ2v) is 4.00. The van der Waals surface area contributed by atoms with E-state index in [2.05, 4.69) is 15.5 Å². The zero-order valence-corrected chi connectivity index (χ0v) is 10.1. The maximum Gasteiger partial charge on any atom is 0.240 e. The summed E-state index contributed by atoms with van der Waals surface area (Å²) < 4.78 is 31.4. The summed E-state index contributed by atoms with van der Waals surface area (Å²) in [5.41, 5.74) is 0.270. The van der Waals surface area contributed by atoms with Crippen molar-refractivity contribution >= 4 is 0 Å². The van der Waals surface area contributed by atoms with Gasteiger partial charge in [-0.15, -0.1) is 0 Å². The van der Waals surface area contributed by atoms with Gasteiger partial charge in [-0.05, 0) is 32.0 Å².